The number of nitrogens with zero attached hydrogens (tertiary/aromatic N) is 2. The van der Waals surface area contributed by atoms with Crippen molar-refractivity contribution in [3.63, 3.8) is 0 Å². The molecule has 1 fully saturated rings. The Bertz CT molecular complexity index is 943. The van der Waals surface area contributed by atoms with Crippen LogP contribution in [0.4, 0.5) is 0 Å². The van der Waals surface area contributed by atoms with Crippen molar-refractivity contribution in [2.45, 2.75) is 19.5 Å². The van der Waals surface area contributed by atoms with Gasteiger partial charge in [-0.15, -0.1) is 0 Å². The number of amides is 1. The van der Waals surface area contributed by atoms with E-state index in [4.69, 9.17) is 18.9 Å². The predicted molar refractivity (Wildman–Crippen MR) is 120 cm³/mol. The second-order valence-electron chi connectivity index (χ2n) is 8.14. The molecule has 1 atom stereocenters. The van der Waals surface area contributed by atoms with E-state index < -0.39 is 0 Å². The highest BCUT2D eigenvalue weighted by Gasteiger charge is 2.21. The van der Waals surface area contributed by atoms with E-state index in [0.717, 1.165) is 61.3 Å². The molecule has 0 bridgehead atoms. The number of carbonyl (C=O) groups is 1. The highest BCUT2D eigenvalue weighted by atomic mass is 16.7. The van der Waals surface area contributed by atoms with E-state index in [-0.39, 0.29) is 18.7 Å². The molecule has 2 aliphatic rings. The van der Waals surface area contributed by atoms with Crippen molar-refractivity contribution in [3.05, 3.63) is 47.5 Å². The highest BCUT2D eigenvalue weighted by Crippen LogP contribution is 2.34. The number of hydrogen-bond donors (Lipinski definition) is 1. The number of ether oxygens (including phenoxy) is 4. The van der Waals surface area contributed by atoms with Crippen LogP contribution in [-0.2, 0) is 11.3 Å². The van der Waals surface area contributed by atoms with Crippen LogP contribution in [0.25, 0.3) is 0 Å². The molecule has 0 aliphatic carbocycles. The van der Waals surface area contributed by atoms with Gasteiger partial charge in [-0.1, -0.05) is 12.1 Å². The van der Waals surface area contributed by atoms with Crippen LogP contribution in [0.3, 0.4) is 0 Å². The van der Waals surface area contributed by atoms with Gasteiger partial charge in [0.15, 0.2) is 23.0 Å². The normalized spacial score (nSPS) is 17.1. The monoisotopic (exact) mass is 441 g/mol. The average molecular weight is 442 g/mol. The van der Waals surface area contributed by atoms with Gasteiger partial charge in [0.2, 0.25) is 12.7 Å². The van der Waals surface area contributed by atoms with Gasteiger partial charge in [-0.25, -0.2) is 0 Å². The quantitative estimate of drug-likeness (QED) is 0.675. The number of benzene rings is 2. The smallest absolute Gasteiger partial charge is 0.234 e. The molecule has 2 heterocycles. The Labute approximate surface area is 189 Å². The minimum Gasteiger partial charge on any atom is -0.493 e. The van der Waals surface area contributed by atoms with Crippen LogP contribution in [0.1, 0.15) is 24.1 Å². The molecule has 32 heavy (non-hydrogen) atoms. The van der Waals surface area contributed by atoms with E-state index >= 15 is 0 Å². The summed E-state index contributed by atoms with van der Waals surface area (Å²) in [5.74, 6) is 3.00. The Morgan fingerprint density at radius 3 is 2.44 bits per heavy atom. The van der Waals surface area contributed by atoms with Crippen molar-refractivity contribution >= 4 is 5.91 Å². The topological polar surface area (TPSA) is 72.5 Å². The molecule has 2 aromatic carbocycles. The van der Waals surface area contributed by atoms with Gasteiger partial charge in [0.25, 0.3) is 0 Å². The minimum absolute atomic E-state index is 0.0310. The molecule has 1 saturated heterocycles. The van der Waals surface area contributed by atoms with Crippen LogP contribution >= 0.6 is 0 Å². The zero-order valence-corrected chi connectivity index (χ0v) is 18.9. The third-order valence-electron chi connectivity index (χ3n) is 5.96. The van der Waals surface area contributed by atoms with Gasteiger partial charge >= 0.3 is 0 Å². The molecule has 0 saturated carbocycles. The molecule has 1 N–H and O–H groups in total. The maximum Gasteiger partial charge on any atom is 0.234 e. The molecular weight excluding hydrogens is 410 g/mol. The molecule has 1 amide bonds. The lowest BCUT2D eigenvalue weighted by molar-refractivity contribution is -0.123. The van der Waals surface area contributed by atoms with Gasteiger partial charge < -0.3 is 24.3 Å². The van der Waals surface area contributed by atoms with Gasteiger partial charge in [0.05, 0.1) is 26.8 Å². The fourth-order valence-corrected chi connectivity index (χ4v) is 4.10. The van der Waals surface area contributed by atoms with Gasteiger partial charge in [-0.3, -0.25) is 14.6 Å². The fourth-order valence-electron chi connectivity index (χ4n) is 4.10. The molecule has 4 rings (SSSR count). The number of methoxy groups -OCH3 is 2. The van der Waals surface area contributed by atoms with Crippen LogP contribution in [0.5, 0.6) is 23.0 Å². The number of carbonyl (C=O) groups excluding carboxylic acids is 1. The largest absolute Gasteiger partial charge is 0.493 e. The van der Waals surface area contributed by atoms with Gasteiger partial charge in [-0.05, 0) is 42.3 Å². The molecule has 2 aliphatic heterocycles. The summed E-state index contributed by atoms with van der Waals surface area (Å²) in [6, 6.07) is 11.7. The highest BCUT2D eigenvalue weighted by molar-refractivity contribution is 5.78. The summed E-state index contributed by atoms with van der Waals surface area (Å²) < 4.78 is 21.5. The summed E-state index contributed by atoms with van der Waals surface area (Å²) in [6.45, 7) is 7.03. The average Bonchev–Trinajstić information content (AvgIpc) is 3.28. The van der Waals surface area contributed by atoms with E-state index in [0.29, 0.717) is 6.54 Å². The lowest BCUT2D eigenvalue weighted by atomic mass is 10.1. The van der Waals surface area contributed by atoms with E-state index in [1.54, 1.807) is 14.2 Å². The molecule has 0 radical (unpaired) electrons. The molecule has 1 unspecified atom stereocenters. The third-order valence-corrected chi connectivity index (χ3v) is 5.96. The number of rotatable bonds is 8. The van der Waals surface area contributed by atoms with Crippen LogP contribution in [0.2, 0.25) is 0 Å². The molecule has 0 spiro atoms. The maximum atomic E-state index is 12.6. The van der Waals surface area contributed by atoms with Crippen molar-refractivity contribution < 1.29 is 23.7 Å². The zero-order valence-electron chi connectivity index (χ0n) is 18.9. The van der Waals surface area contributed by atoms with Crippen LogP contribution in [-0.4, -0.2) is 69.4 Å². The minimum atomic E-state index is -0.0941. The van der Waals surface area contributed by atoms with Crippen molar-refractivity contribution in [2.75, 3.05) is 53.7 Å². The van der Waals surface area contributed by atoms with Crippen LogP contribution in [0.15, 0.2) is 36.4 Å². The Balaban J connectivity index is 1.23. The summed E-state index contributed by atoms with van der Waals surface area (Å²) in [5, 5.41) is 3.09. The van der Waals surface area contributed by atoms with E-state index in [9.17, 15) is 4.79 Å². The van der Waals surface area contributed by atoms with Gasteiger partial charge in [0.1, 0.15) is 0 Å². The molecule has 8 nitrogen and oxygen atoms in total. The zero-order chi connectivity index (χ0) is 22.5. The second kappa shape index (κ2) is 10.1. The first-order valence-electron chi connectivity index (χ1n) is 10.9. The second-order valence-corrected chi connectivity index (χ2v) is 8.14. The number of piperazine rings is 1. The van der Waals surface area contributed by atoms with Crippen molar-refractivity contribution in [1.82, 2.24) is 15.1 Å². The maximum absolute atomic E-state index is 12.6. The lowest BCUT2D eigenvalue weighted by Crippen LogP contribution is -2.49. The molecule has 172 valence electrons. The Morgan fingerprint density at radius 2 is 1.69 bits per heavy atom. The first kappa shape index (κ1) is 22.2. The van der Waals surface area contributed by atoms with Crippen molar-refractivity contribution in [3.8, 4) is 23.0 Å². The van der Waals surface area contributed by atoms with Crippen molar-refractivity contribution in [2.24, 2.45) is 0 Å². The SMILES string of the molecule is COc1ccc(CN2CCN(CC(=O)NC(C)c3ccc4c(c3)OCO4)CC2)cc1OC. The van der Waals surface area contributed by atoms with Gasteiger partial charge in [0, 0.05) is 32.7 Å². The molecule has 2 aromatic rings. The summed E-state index contributed by atoms with van der Waals surface area (Å²) in [7, 11) is 3.29. The van der Waals surface area contributed by atoms with E-state index in [2.05, 4.69) is 21.2 Å². The molecule has 8 heteroatoms. The fraction of sp³-hybridized carbons (Fsp3) is 0.458. The van der Waals surface area contributed by atoms with Gasteiger partial charge in [-0.2, -0.15) is 0 Å². The summed E-state index contributed by atoms with van der Waals surface area (Å²) in [6.07, 6.45) is 0. The first-order valence-corrected chi connectivity index (χ1v) is 10.9. The number of fused-ring (bicyclic) bond motifs is 1. The van der Waals surface area contributed by atoms with E-state index in [1.165, 1.54) is 5.56 Å². The van der Waals surface area contributed by atoms with Crippen LogP contribution < -0.4 is 24.3 Å². The number of nitrogens with one attached hydrogen (secondary N) is 1. The molecular formula is C24H31N3O5. The summed E-state index contributed by atoms with van der Waals surface area (Å²) >= 11 is 0. The standard InChI is InChI=1S/C24H31N3O5/c1-17(19-5-7-21-23(13-19)32-16-31-21)25-24(28)15-27-10-8-26(9-11-27)14-18-4-6-20(29-2)22(12-18)30-3/h4-7,12-13,17H,8-11,14-16H2,1-3H3,(H,25,28). The first-order chi connectivity index (χ1) is 15.6. The lowest BCUT2D eigenvalue weighted by Gasteiger charge is -2.34. The Hall–Kier alpha value is -2.97. The van der Waals surface area contributed by atoms with Crippen molar-refractivity contribution in [1.29, 1.82) is 0 Å². The third kappa shape index (κ3) is 5.26. The Kier molecular flexibility index (Phi) is 7.02. The number of hydrogen-bond acceptors (Lipinski definition) is 7. The Morgan fingerprint density at radius 1 is 0.969 bits per heavy atom. The predicted octanol–water partition coefficient (Wildman–Crippen LogP) is 2.43. The van der Waals surface area contributed by atoms with E-state index in [1.807, 2.05) is 37.3 Å². The molecule has 0 aromatic heterocycles. The van der Waals surface area contributed by atoms with Crippen LogP contribution in [0, 0.1) is 0 Å². The summed E-state index contributed by atoms with van der Waals surface area (Å²) in [5.41, 5.74) is 2.19. The summed E-state index contributed by atoms with van der Waals surface area (Å²) in [4.78, 5) is 17.2.